The van der Waals surface area contributed by atoms with Gasteiger partial charge in [0.05, 0.1) is 12.6 Å². The fourth-order valence-corrected chi connectivity index (χ4v) is 2.88. The lowest BCUT2D eigenvalue weighted by Crippen LogP contribution is -2.41. The zero-order valence-corrected chi connectivity index (χ0v) is 10.1. The van der Waals surface area contributed by atoms with Crippen LogP contribution in [0.15, 0.2) is 33.6 Å². The quantitative estimate of drug-likeness (QED) is 0.558. The molecule has 0 aliphatic carbocycles. The Kier molecular flexibility index (Phi) is 2.90. The summed E-state index contributed by atoms with van der Waals surface area (Å²) in [4.78, 5) is 0.149. The standard InChI is InChI=1S/C10H13N3O3S/c1-7(14)6-13(11)10-8-4-2-3-5-9(8)17(15,16)12-10/h2-5,7,14H,6,11H2,1H3. The number of aliphatic hydroxyl groups is 1. The number of hydrogen-bond acceptors (Lipinski definition) is 5. The zero-order valence-electron chi connectivity index (χ0n) is 9.24. The highest BCUT2D eigenvalue weighted by Crippen LogP contribution is 2.26. The van der Waals surface area contributed by atoms with Crippen LogP contribution in [0, 0.1) is 0 Å². The number of amidine groups is 1. The minimum atomic E-state index is -3.65. The first-order chi connectivity index (χ1) is 7.92. The number of hydrogen-bond donors (Lipinski definition) is 2. The van der Waals surface area contributed by atoms with E-state index in [1.165, 1.54) is 6.07 Å². The smallest absolute Gasteiger partial charge is 0.285 e. The Labute approximate surface area is 99.4 Å². The van der Waals surface area contributed by atoms with Gasteiger partial charge in [0, 0.05) is 5.56 Å². The van der Waals surface area contributed by atoms with E-state index in [0.717, 1.165) is 5.01 Å². The summed E-state index contributed by atoms with van der Waals surface area (Å²) in [6.45, 7) is 1.68. The highest BCUT2D eigenvalue weighted by atomic mass is 32.2. The maximum atomic E-state index is 11.7. The monoisotopic (exact) mass is 255 g/mol. The molecule has 1 aromatic rings. The van der Waals surface area contributed by atoms with Crippen LogP contribution in [0.2, 0.25) is 0 Å². The van der Waals surface area contributed by atoms with Crippen molar-refractivity contribution in [3.8, 4) is 0 Å². The Morgan fingerprint density at radius 3 is 2.76 bits per heavy atom. The minimum absolute atomic E-state index is 0.114. The number of aliphatic hydroxyl groups excluding tert-OH is 1. The van der Waals surface area contributed by atoms with Gasteiger partial charge in [0.1, 0.15) is 4.90 Å². The Balaban J connectivity index is 2.45. The second kappa shape index (κ2) is 4.10. The van der Waals surface area contributed by atoms with E-state index in [0.29, 0.717) is 5.56 Å². The van der Waals surface area contributed by atoms with Gasteiger partial charge in [-0.3, -0.25) is 5.01 Å². The van der Waals surface area contributed by atoms with Gasteiger partial charge in [-0.2, -0.15) is 8.42 Å². The average Bonchev–Trinajstić information content (AvgIpc) is 2.51. The molecule has 6 nitrogen and oxygen atoms in total. The minimum Gasteiger partial charge on any atom is -0.392 e. The Hall–Kier alpha value is -1.44. The molecule has 7 heteroatoms. The molecule has 3 N–H and O–H groups in total. The third-order valence-corrected chi connectivity index (χ3v) is 3.67. The van der Waals surface area contributed by atoms with Crippen molar-refractivity contribution in [1.82, 2.24) is 5.01 Å². The van der Waals surface area contributed by atoms with Gasteiger partial charge in [-0.05, 0) is 19.1 Å². The van der Waals surface area contributed by atoms with Gasteiger partial charge in [0.25, 0.3) is 10.0 Å². The molecule has 0 bridgehead atoms. The Morgan fingerprint density at radius 2 is 2.12 bits per heavy atom. The lowest BCUT2D eigenvalue weighted by atomic mass is 10.2. The normalized spacial score (nSPS) is 18.4. The number of benzene rings is 1. The second-order valence-corrected chi connectivity index (χ2v) is 5.46. The van der Waals surface area contributed by atoms with E-state index in [1.807, 2.05) is 0 Å². The molecule has 0 fully saturated rings. The van der Waals surface area contributed by atoms with Gasteiger partial charge in [-0.15, -0.1) is 4.40 Å². The van der Waals surface area contributed by atoms with Gasteiger partial charge < -0.3 is 5.11 Å². The van der Waals surface area contributed by atoms with Crippen LogP contribution in [-0.2, 0) is 10.0 Å². The Bertz CT molecular complexity index is 566. The molecule has 0 saturated carbocycles. The molecule has 92 valence electrons. The van der Waals surface area contributed by atoms with Crippen molar-refractivity contribution in [1.29, 1.82) is 0 Å². The SMILES string of the molecule is CC(O)CN(N)C1=NS(=O)(=O)c2ccccc21. The second-order valence-electron chi connectivity index (χ2n) is 3.89. The average molecular weight is 255 g/mol. The van der Waals surface area contributed by atoms with Crippen LogP contribution >= 0.6 is 0 Å². The van der Waals surface area contributed by atoms with Crippen LogP contribution in [-0.4, -0.2) is 37.0 Å². The van der Waals surface area contributed by atoms with E-state index in [-0.39, 0.29) is 17.3 Å². The van der Waals surface area contributed by atoms with Crippen LogP contribution in [0.5, 0.6) is 0 Å². The molecule has 0 radical (unpaired) electrons. The third kappa shape index (κ3) is 2.17. The molecule has 1 aliphatic rings. The molecule has 0 aromatic heterocycles. The largest absolute Gasteiger partial charge is 0.392 e. The first kappa shape index (κ1) is 12.0. The van der Waals surface area contributed by atoms with Crippen molar-refractivity contribution < 1.29 is 13.5 Å². The van der Waals surface area contributed by atoms with Crippen molar-refractivity contribution in [3.05, 3.63) is 29.8 Å². The number of nitrogens with two attached hydrogens (primary N) is 1. The summed E-state index contributed by atoms with van der Waals surface area (Å²) in [5.74, 6) is 5.86. The predicted octanol–water partition coefficient (Wildman–Crippen LogP) is -0.308. The summed E-state index contributed by atoms with van der Waals surface area (Å²) in [6, 6.07) is 6.47. The fourth-order valence-electron chi connectivity index (χ4n) is 1.67. The number of rotatable bonds is 2. The van der Waals surface area contributed by atoms with E-state index in [9.17, 15) is 13.5 Å². The predicted molar refractivity (Wildman–Crippen MR) is 62.7 cm³/mol. The first-order valence-corrected chi connectivity index (χ1v) is 6.50. The van der Waals surface area contributed by atoms with Crippen molar-refractivity contribution in [2.24, 2.45) is 10.2 Å². The summed E-state index contributed by atoms with van der Waals surface area (Å²) in [7, 11) is -3.65. The van der Waals surface area contributed by atoms with E-state index in [1.54, 1.807) is 25.1 Å². The fraction of sp³-hybridized carbons (Fsp3) is 0.300. The summed E-state index contributed by atoms with van der Waals surface area (Å²) in [5, 5.41) is 10.4. The molecule has 17 heavy (non-hydrogen) atoms. The summed E-state index contributed by atoms with van der Waals surface area (Å²) >= 11 is 0. The highest BCUT2D eigenvalue weighted by molar-refractivity contribution is 7.90. The van der Waals surface area contributed by atoms with E-state index in [2.05, 4.69) is 4.40 Å². The first-order valence-electron chi connectivity index (χ1n) is 5.06. The van der Waals surface area contributed by atoms with Crippen LogP contribution in [0.25, 0.3) is 0 Å². The Morgan fingerprint density at radius 1 is 1.47 bits per heavy atom. The van der Waals surface area contributed by atoms with E-state index >= 15 is 0 Å². The summed E-state index contributed by atoms with van der Waals surface area (Å²) in [5.41, 5.74) is 0.468. The van der Waals surface area contributed by atoms with Crippen LogP contribution < -0.4 is 5.84 Å². The number of fused-ring (bicyclic) bond motifs is 1. The van der Waals surface area contributed by atoms with E-state index < -0.39 is 16.1 Å². The molecular weight excluding hydrogens is 242 g/mol. The number of nitrogens with zero attached hydrogens (tertiary/aromatic N) is 2. The van der Waals surface area contributed by atoms with Gasteiger partial charge in [0.2, 0.25) is 0 Å². The molecular formula is C10H13N3O3S. The zero-order chi connectivity index (χ0) is 12.6. The number of sulfonamides is 1. The lowest BCUT2D eigenvalue weighted by molar-refractivity contribution is 0.160. The molecule has 1 unspecified atom stereocenters. The molecule has 1 aliphatic heterocycles. The van der Waals surface area contributed by atoms with Gasteiger partial charge >= 0.3 is 0 Å². The maximum Gasteiger partial charge on any atom is 0.285 e. The molecule has 1 aromatic carbocycles. The number of hydrazine groups is 1. The summed E-state index contributed by atoms with van der Waals surface area (Å²) in [6.07, 6.45) is -0.668. The van der Waals surface area contributed by atoms with E-state index in [4.69, 9.17) is 5.84 Å². The van der Waals surface area contributed by atoms with Gasteiger partial charge in [-0.25, -0.2) is 5.84 Å². The van der Waals surface area contributed by atoms with Crippen molar-refractivity contribution >= 4 is 15.9 Å². The van der Waals surface area contributed by atoms with Crippen molar-refractivity contribution in [2.75, 3.05) is 6.54 Å². The maximum absolute atomic E-state index is 11.7. The molecule has 0 spiro atoms. The molecule has 2 rings (SSSR count). The summed E-state index contributed by atoms with van der Waals surface area (Å²) < 4.78 is 27.1. The third-order valence-electron chi connectivity index (χ3n) is 2.35. The topological polar surface area (TPSA) is 96.0 Å². The lowest BCUT2D eigenvalue weighted by Gasteiger charge is -2.19. The molecule has 1 atom stereocenters. The van der Waals surface area contributed by atoms with Crippen molar-refractivity contribution in [2.45, 2.75) is 17.9 Å². The van der Waals surface area contributed by atoms with Crippen LogP contribution in [0.1, 0.15) is 12.5 Å². The molecule has 1 heterocycles. The van der Waals surface area contributed by atoms with Crippen LogP contribution in [0.3, 0.4) is 0 Å². The van der Waals surface area contributed by atoms with Crippen LogP contribution in [0.4, 0.5) is 0 Å². The highest BCUT2D eigenvalue weighted by Gasteiger charge is 2.30. The van der Waals surface area contributed by atoms with Crippen molar-refractivity contribution in [3.63, 3.8) is 0 Å². The molecule has 0 amide bonds. The van der Waals surface area contributed by atoms with Gasteiger partial charge in [-0.1, -0.05) is 12.1 Å². The van der Waals surface area contributed by atoms with Gasteiger partial charge in [0.15, 0.2) is 5.84 Å². The molecule has 0 saturated heterocycles.